The lowest BCUT2D eigenvalue weighted by Gasteiger charge is -2.17. The van der Waals surface area contributed by atoms with Gasteiger partial charge in [0.25, 0.3) is 0 Å². The Kier molecular flexibility index (Phi) is 3.97. The second-order valence-corrected chi connectivity index (χ2v) is 3.92. The Balaban J connectivity index is 2.52. The van der Waals surface area contributed by atoms with E-state index in [0.29, 0.717) is 17.2 Å². The summed E-state index contributed by atoms with van der Waals surface area (Å²) in [5, 5.41) is 0. The second kappa shape index (κ2) is 5.67. The van der Waals surface area contributed by atoms with Gasteiger partial charge in [0.1, 0.15) is 23.0 Å². The van der Waals surface area contributed by atoms with Crippen molar-refractivity contribution >= 4 is 0 Å². The van der Waals surface area contributed by atoms with Gasteiger partial charge in [-0.3, -0.25) is 4.98 Å². The maximum Gasteiger partial charge on any atom is 0.142 e. The molecule has 0 aliphatic carbocycles. The zero-order chi connectivity index (χ0) is 13.8. The molecule has 0 bridgehead atoms. The van der Waals surface area contributed by atoms with Crippen LogP contribution in [0.4, 0.5) is 4.39 Å². The van der Waals surface area contributed by atoms with Gasteiger partial charge in [0.2, 0.25) is 0 Å². The highest BCUT2D eigenvalue weighted by Crippen LogP contribution is 2.33. The van der Waals surface area contributed by atoms with Gasteiger partial charge in [-0.1, -0.05) is 6.07 Å². The van der Waals surface area contributed by atoms with Gasteiger partial charge < -0.3 is 15.2 Å². The van der Waals surface area contributed by atoms with Crippen LogP contribution < -0.4 is 15.2 Å². The lowest BCUT2D eigenvalue weighted by atomic mass is 10.0. The van der Waals surface area contributed by atoms with E-state index in [0.717, 1.165) is 0 Å². The fraction of sp³-hybridized carbons (Fsp3) is 0.214. The smallest absolute Gasteiger partial charge is 0.142 e. The molecule has 2 rings (SSSR count). The Labute approximate surface area is 111 Å². The van der Waals surface area contributed by atoms with Crippen molar-refractivity contribution in [2.24, 2.45) is 5.73 Å². The number of pyridine rings is 1. The molecule has 1 aromatic carbocycles. The minimum absolute atomic E-state index is 0.266. The average Bonchev–Trinajstić information content (AvgIpc) is 2.46. The fourth-order valence-electron chi connectivity index (χ4n) is 1.94. The van der Waals surface area contributed by atoms with Crippen LogP contribution in [0.25, 0.3) is 0 Å². The van der Waals surface area contributed by atoms with E-state index >= 15 is 0 Å². The van der Waals surface area contributed by atoms with Gasteiger partial charge in [0.15, 0.2) is 0 Å². The van der Waals surface area contributed by atoms with E-state index in [-0.39, 0.29) is 5.56 Å². The summed E-state index contributed by atoms with van der Waals surface area (Å²) in [5.74, 6) is 0.472. The topological polar surface area (TPSA) is 57.4 Å². The van der Waals surface area contributed by atoms with Gasteiger partial charge >= 0.3 is 0 Å². The van der Waals surface area contributed by atoms with Gasteiger partial charge in [-0.05, 0) is 24.3 Å². The van der Waals surface area contributed by atoms with E-state index in [1.165, 1.54) is 20.3 Å². The molecule has 0 spiro atoms. The van der Waals surface area contributed by atoms with Gasteiger partial charge in [-0.25, -0.2) is 4.39 Å². The van der Waals surface area contributed by atoms with Crippen LogP contribution in [0.2, 0.25) is 0 Å². The highest BCUT2D eigenvalue weighted by Gasteiger charge is 2.22. The SMILES string of the molecule is COc1cccnc1C(N)c1c(F)cccc1OC. The number of ether oxygens (including phenoxy) is 2. The molecule has 5 heteroatoms. The standard InChI is InChI=1S/C14H15FN2O2/c1-18-10-6-3-5-9(15)12(10)13(16)14-11(19-2)7-4-8-17-14/h3-8,13H,16H2,1-2H3. The van der Waals surface area contributed by atoms with Crippen LogP contribution >= 0.6 is 0 Å². The number of aromatic nitrogens is 1. The third-order valence-corrected chi connectivity index (χ3v) is 2.86. The number of nitrogens with two attached hydrogens (primary N) is 1. The third kappa shape index (κ3) is 2.51. The monoisotopic (exact) mass is 262 g/mol. The Morgan fingerprint density at radius 3 is 2.47 bits per heavy atom. The van der Waals surface area contributed by atoms with Crippen LogP contribution in [0.3, 0.4) is 0 Å². The Bertz CT molecular complexity index is 575. The molecule has 0 aliphatic heterocycles. The number of hydrogen-bond donors (Lipinski definition) is 1. The largest absolute Gasteiger partial charge is 0.496 e. The zero-order valence-corrected chi connectivity index (χ0v) is 10.8. The molecule has 0 amide bonds. The van der Waals surface area contributed by atoms with Crippen molar-refractivity contribution in [2.45, 2.75) is 6.04 Å². The summed E-state index contributed by atoms with van der Waals surface area (Å²) in [5.41, 5.74) is 6.84. The van der Waals surface area contributed by atoms with Gasteiger partial charge in [0, 0.05) is 6.20 Å². The summed E-state index contributed by atoms with van der Waals surface area (Å²) in [6.45, 7) is 0. The predicted octanol–water partition coefficient (Wildman–Crippen LogP) is 2.29. The highest BCUT2D eigenvalue weighted by molar-refractivity contribution is 5.44. The molecular weight excluding hydrogens is 247 g/mol. The van der Waals surface area contributed by atoms with Crippen molar-refractivity contribution in [3.05, 3.63) is 53.6 Å². The average molecular weight is 262 g/mol. The van der Waals surface area contributed by atoms with Crippen LogP contribution in [-0.2, 0) is 0 Å². The highest BCUT2D eigenvalue weighted by atomic mass is 19.1. The van der Waals surface area contributed by atoms with E-state index in [1.807, 2.05) is 0 Å². The lowest BCUT2D eigenvalue weighted by molar-refractivity contribution is 0.393. The minimum atomic E-state index is -0.757. The summed E-state index contributed by atoms with van der Waals surface area (Å²) in [4.78, 5) is 4.17. The van der Waals surface area contributed by atoms with Crippen molar-refractivity contribution < 1.29 is 13.9 Å². The third-order valence-electron chi connectivity index (χ3n) is 2.86. The molecular formula is C14H15FN2O2. The molecule has 1 atom stereocenters. The van der Waals surface area contributed by atoms with Gasteiger partial charge in [-0.15, -0.1) is 0 Å². The van der Waals surface area contributed by atoms with Crippen molar-refractivity contribution in [1.29, 1.82) is 0 Å². The molecule has 4 nitrogen and oxygen atoms in total. The van der Waals surface area contributed by atoms with Gasteiger partial charge in [-0.2, -0.15) is 0 Å². The minimum Gasteiger partial charge on any atom is -0.496 e. The fourth-order valence-corrected chi connectivity index (χ4v) is 1.94. The maximum atomic E-state index is 14.0. The van der Waals surface area contributed by atoms with Crippen molar-refractivity contribution in [3.8, 4) is 11.5 Å². The van der Waals surface area contributed by atoms with E-state index in [4.69, 9.17) is 15.2 Å². The number of halogens is 1. The molecule has 19 heavy (non-hydrogen) atoms. The van der Waals surface area contributed by atoms with Crippen molar-refractivity contribution in [3.63, 3.8) is 0 Å². The van der Waals surface area contributed by atoms with Crippen molar-refractivity contribution in [1.82, 2.24) is 4.98 Å². The number of rotatable bonds is 4. The zero-order valence-electron chi connectivity index (χ0n) is 10.8. The Morgan fingerprint density at radius 1 is 1.11 bits per heavy atom. The number of nitrogens with zero attached hydrogens (tertiary/aromatic N) is 1. The lowest BCUT2D eigenvalue weighted by Crippen LogP contribution is -2.17. The normalized spacial score (nSPS) is 12.0. The molecule has 0 radical (unpaired) electrons. The molecule has 0 saturated heterocycles. The summed E-state index contributed by atoms with van der Waals surface area (Å²) in [6, 6.07) is 7.27. The van der Waals surface area contributed by atoms with E-state index in [1.54, 1.807) is 30.5 Å². The number of methoxy groups -OCH3 is 2. The molecule has 1 unspecified atom stereocenters. The van der Waals surface area contributed by atoms with Gasteiger partial charge in [0.05, 0.1) is 25.8 Å². The molecule has 100 valence electrons. The maximum absolute atomic E-state index is 14.0. The second-order valence-electron chi connectivity index (χ2n) is 3.92. The molecule has 1 aromatic heterocycles. The van der Waals surface area contributed by atoms with E-state index in [2.05, 4.69) is 4.98 Å². The van der Waals surface area contributed by atoms with Crippen LogP contribution in [0.15, 0.2) is 36.5 Å². The quantitative estimate of drug-likeness (QED) is 0.918. The molecule has 0 fully saturated rings. The molecule has 0 aliphatic rings. The summed E-state index contributed by atoms with van der Waals surface area (Å²) in [6.07, 6.45) is 1.59. The number of hydrogen-bond acceptors (Lipinski definition) is 4. The molecule has 2 aromatic rings. The summed E-state index contributed by atoms with van der Waals surface area (Å²) < 4.78 is 24.3. The molecule has 2 N–H and O–H groups in total. The van der Waals surface area contributed by atoms with E-state index in [9.17, 15) is 4.39 Å². The molecule has 1 heterocycles. The number of benzene rings is 1. The van der Waals surface area contributed by atoms with Crippen LogP contribution in [0.1, 0.15) is 17.3 Å². The Morgan fingerprint density at radius 2 is 1.79 bits per heavy atom. The van der Waals surface area contributed by atoms with E-state index < -0.39 is 11.9 Å². The Hall–Kier alpha value is -2.14. The van der Waals surface area contributed by atoms with Crippen LogP contribution in [-0.4, -0.2) is 19.2 Å². The molecule has 0 saturated carbocycles. The van der Waals surface area contributed by atoms with Crippen LogP contribution in [0, 0.1) is 5.82 Å². The first kappa shape index (κ1) is 13.3. The first-order chi connectivity index (χ1) is 9.19. The predicted molar refractivity (Wildman–Crippen MR) is 69.8 cm³/mol. The summed E-state index contributed by atoms with van der Waals surface area (Å²) in [7, 11) is 2.99. The van der Waals surface area contributed by atoms with Crippen molar-refractivity contribution in [2.75, 3.05) is 14.2 Å². The first-order valence-corrected chi connectivity index (χ1v) is 5.76. The first-order valence-electron chi connectivity index (χ1n) is 5.76. The summed E-state index contributed by atoms with van der Waals surface area (Å²) >= 11 is 0. The van der Waals surface area contributed by atoms with Crippen LogP contribution in [0.5, 0.6) is 11.5 Å².